The second-order valence-electron chi connectivity index (χ2n) is 19.2. The first-order valence-corrected chi connectivity index (χ1v) is 26.8. The predicted molar refractivity (Wildman–Crippen MR) is 231 cm³/mol. The Labute approximate surface area is 340 Å². The number of rotatable bonds is 20. The van der Waals surface area contributed by atoms with Crippen LogP contribution in [0, 0.1) is 5.92 Å². The minimum Gasteiger partial charge on any atom is -0.488 e. The molecule has 1 aromatic heterocycles. The van der Waals surface area contributed by atoms with Crippen molar-refractivity contribution in [2.45, 2.75) is 181 Å². The van der Waals surface area contributed by atoms with Crippen LogP contribution in [0.1, 0.15) is 130 Å². The van der Waals surface area contributed by atoms with Crippen LogP contribution in [0.3, 0.4) is 0 Å². The van der Waals surface area contributed by atoms with Crippen LogP contribution in [0.4, 0.5) is 0 Å². The third-order valence-corrected chi connectivity index (χ3v) is 21.4. The number of epoxide rings is 1. The fraction of sp³-hybridized carbons (Fsp3) is 0.652. The van der Waals surface area contributed by atoms with Crippen molar-refractivity contribution in [2.24, 2.45) is 5.92 Å². The van der Waals surface area contributed by atoms with Crippen molar-refractivity contribution >= 4 is 39.4 Å². The number of carbonyl (C=O) groups is 2. The normalized spacial score (nSPS) is 19.0. The van der Waals surface area contributed by atoms with Gasteiger partial charge in [0.2, 0.25) is 5.60 Å². The van der Waals surface area contributed by atoms with Crippen LogP contribution >= 0.6 is 0 Å². The van der Waals surface area contributed by atoms with E-state index in [2.05, 4.69) is 107 Å². The Morgan fingerprint density at radius 3 is 2.09 bits per heavy atom. The molecule has 1 saturated heterocycles. The second-order valence-corrected chi connectivity index (χ2v) is 28.8. The van der Waals surface area contributed by atoms with Gasteiger partial charge in [-0.3, -0.25) is 4.79 Å². The van der Waals surface area contributed by atoms with Crippen LogP contribution < -0.4 is 4.74 Å². The summed E-state index contributed by atoms with van der Waals surface area (Å²) in [4.78, 5) is 28.7. The summed E-state index contributed by atoms with van der Waals surface area (Å²) < 4.78 is 39.1. The third-order valence-electron chi connectivity index (χ3n) is 12.4. The fourth-order valence-electron chi connectivity index (χ4n) is 7.01. The standard InChI is InChI=1S/C46H72O8Si2/c1-16-22-34(38(47)27-40(54-56(14,15)45(9,10)11)46(39(17-2)53-46)43(48)49-18-3)36-29-51-42-35(36)26-33(25-31(4)5)41(50-28-32-23-20-19-21-24-32)37(42)30-52-55(12,13)44(6,7)8/h19-21,23-24,26,29,31,34,39-40H,16-18,22,25,27-28,30H2,1-15H3/t34-,39+,40?,46?/m1/s1. The van der Waals surface area contributed by atoms with Crippen LogP contribution in [0.15, 0.2) is 47.1 Å². The van der Waals surface area contributed by atoms with E-state index in [-0.39, 0.29) is 35.0 Å². The maximum absolute atomic E-state index is 15.0. The molecule has 1 aliphatic heterocycles. The quantitative estimate of drug-likeness (QED) is 0.0632. The van der Waals surface area contributed by atoms with Crippen molar-refractivity contribution < 1.29 is 37.1 Å². The van der Waals surface area contributed by atoms with Gasteiger partial charge in [-0.1, -0.05) is 106 Å². The van der Waals surface area contributed by atoms with E-state index in [1.54, 1.807) is 13.2 Å². The second kappa shape index (κ2) is 18.0. The molecule has 56 heavy (non-hydrogen) atoms. The lowest BCUT2D eigenvalue weighted by Gasteiger charge is -2.40. The summed E-state index contributed by atoms with van der Waals surface area (Å²) in [6.07, 6.45) is 3.44. The maximum Gasteiger partial charge on any atom is 0.343 e. The number of ether oxygens (including phenoxy) is 3. The zero-order valence-corrected chi connectivity index (χ0v) is 39.3. The summed E-state index contributed by atoms with van der Waals surface area (Å²) in [6.45, 7) is 33.3. The molecule has 0 radical (unpaired) electrons. The molecule has 0 bridgehead atoms. The highest BCUT2D eigenvalue weighted by Crippen LogP contribution is 2.50. The number of esters is 1. The average Bonchev–Trinajstić information content (AvgIpc) is 3.72. The Bertz CT molecular complexity index is 1780. The van der Waals surface area contributed by atoms with Gasteiger partial charge in [-0.25, -0.2) is 4.79 Å². The molecule has 312 valence electrons. The van der Waals surface area contributed by atoms with Gasteiger partial charge < -0.3 is 27.5 Å². The summed E-state index contributed by atoms with van der Waals surface area (Å²) in [5.74, 6) is 0.213. The molecule has 0 amide bonds. The molecule has 2 heterocycles. The number of hydrogen-bond acceptors (Lipinski definition) is 8. The lowest BCUT2D eigenvalue weighted by molar-refractivity contribution is -0.154. The van der Waals surface area contributed by atoms with Crippen molar-refractivity contribution in [2.75, 3.05) is 6.61 Å². The van der Waals surface area contributed by atoms with Crippen molar-refractivity contribution in [3.8, 4) is 5.75 Å². The zero-order chi connectivity index (χ0) is 41.9. The molecule has 2 aromatic carbocycles. The van der Waals surface area contributed by atoms with Gasteiger partial charge >= 0.3 is 5.97 Å². The summed E-state index contributed by atoms with van der Waals surface area (Å²) in [6, 6.07) is 12.4. The SMILES string of the molecule is CCC[C@@H](C(=O)CC(O[Si](C)(C)C(C)(C)C)C1(C(=O)OCC)O[C@H]1CC)c1coc2c(CO[Si](C)(C)C(C)(C)C)c(OCc3ccccc3)c(CC(C)C)cc12. The third kappa shape index (κ3) is 10.1. The Morgan fingerprint density at radius 2 is 1.55 bits per heavy atom. The largest absolute Gasteiger partial charge is 0.488 e. The van der Waals surface area contributed by atoms with Crippen molar-refractivity contribution in [1.82, 2.24) is 0 Å². The molecule has 0 saturated carbocycles. The molecular formula is C46H72O8Si2. The Kier molecular flexibility index (Phi) is 14.8. The van der Waals surface area contributed by atoms with Gasteiger partial charge in [0.05, 0.1) is 31.1 Å². The molecule has 0 aliphatic carbocycles. The highest BCUT2D eigenvalue weighted by Gasteiger charge is 2.69. The van der Waals surface area contributed by atoms with E-state index in [1.165, 1.54) is 0 Å². The Hall–Kier alpha value is -2.77. The summed E-state index contributed by atoms with van der Waals surface area (Å²) in [5.41, 5.74) is 3.25. The van der Waals surface area contributed by atoms with Gasteiger partial charge in [0.15, 0.2) is 16.6 Å². The molecule has 8 nitrogen and oxygen atoms in total. The fourth-order valence-corrected chi connectivity index (χ4v) is 9.28. The molecule has 2 unspecified atom stereocenters. The molecule has 1 aliphatic rings. The van der Waals surface area contributed by atoms with E-state index >= 15 is 0 Å². The van der Waals surface area contributed by atoms with Gasteiger partial charge in [-0.2, -0.15) is 0 Å². The maximum atomic E-state index is 15.0. The summed E-state index contributed by atoms with van der Waals surface area (Å²) in [7, 11) is -4.65. The molecule has 0 spiro atoms. The smallest absolute Gasteiger partial charge is 0.343 e. The predicted octanol–water partition coefficient (Wildman–Crippen LogP) is 12.1. The first-order chi connectivity index (χ1) is 26.0. The average molecular weight is 809 g/mol. The van der Waals surface area contributed by atoms with Crippen LogP contribution in [0.25, 0.3) is 11.0 Å². The molecule has 4 atom stereocenters. The summed E-state index contributed by atoms with van der Waals surface area (Å²) in [5, 5.41) is 0.760. The van der Waals surface area contributed by atoms with Crippen molar-refractivity contribution in [3.05, 3.63) is 64.9 Å². The summed E-state index contributed by atoms with van der Waals surface area (Å²) >= 11 is 0. The molecule has 10 heteroatoms. The molecule has 0 N–H and O–H groups in total. The zero-order valence-electron chi connectivity index (χ0n) is 37.3. The topological polar surface area (TPSA) is 96.7 Å². The monoisotopic (exact) mass is 808 g/mol. The number of furan rings is 1. The van der Waals surface area contributed by atoms with Crippen LogP contribution in [-0.4, -0.2) is 52.8 Å². The molecular weight excluding hydrogens is 737 g/mol. The van der Waals surface area contributed by atoms with Crippen molar-refractivity contribution in [1.29, 1.82) is 0 Å². The number of Topliss-reactive ketones (excluding diaryl/α,β-unsaturated/α-hetero) is 1. The first-order valence-electron chi connectivity index (χ1n) is 21.0. The van der Waals surface area contributed by atoms with Gasteiger partial charge in [0.25, 0.3) is 0 Å². The van der Waals surface area contributed by atoms with Gasteiger partial charge in [-0.05, 0) is 85.6 Å². The van der Waals surface area contributed by atoms with E-state index in [9.17, 15) is 9.59 Å². The van der Waals surface area contributed by atoms with Crippen molar-refractivity contribution in [3.63, 3.8) is 0 Å². The van der Waals surface area contributed by atoms with E-state index in [0.717, 1.165) is 46.2 Å². The van der Waals surface area contributed by atoms with Gasteiger partial charge in [-0.15, -0.1) is 0 Å². The van der Waals surface area contributed by atoms with E-state index in [4.69, 9.17) is 27.5 Å². The first kappa shape index (κ1) is 45.9. The minimum absolute atomic E-state index is 0.00109. The Morgan fingerprint density at radius 1 is 0.911 bits per heavy atom. The Balaban J connectivity index is 1.87. The molecule has 1 fully saturated rings. The van der Waals surface area contributed by atoms with E-state index in [1.807, 2.05) is 25.1 Å². The number of benzene rings is 2. The van der Waals surface area contributed by atoms with Gasteiger partial charge in [0, 0.05) is 23.3 Å². The minimum atomic E-state index is -2.47. The highest BCUT2D eigenvalue weighted by atomic mass is 28.4. The number of carbonyl (C=O) groups excluding carboxylic acids is 2. The number of ketones is 1. The lowest BCUT2D eigenvalue weighted by atomic mass is 9.84. The highest BCUT2D eigenvalue weighted by molar-refractivity contribution is 6.74. The lowest BCUT2D eigenvalue weighted by Crippen LogP contribution is -2.52. The molecule has 4 rings (SSSR count). The number of fused-ring (bicyclic) bond motifs is 1. The van der Waals surface area contributed by atoms with Crippen LogP contribution in [0.5, 0.6) is 5.75 Å². The van der Waals surface area contributed by atoms with E-state index < -0.39 is 40.2 Å². The van der Waals surface area contributed by atoms with Gasteiger partial charge in [0.1, 0.15) is 29.8 Å². The number of hydrogen-bond donors (Lipinski definition) is 0. The van der Waals surface area contributed by atoms with Crippen LogP contribution in [-0.2, 0) is 47.5 Å². The molecule has 3 aromatic rings. The van der Waals surface area contributed by atoms with E-state index in [0.29, 0.717) is 37.6 Å². The van der Waals surface area contributed by atoms with Crippen LogP contribution in [0.2, 0.25) is 36.3 Å².